The van der Waals surface area contributed by atoms with Crippen molar-refractivity contribution in [3.05, 3.63) is 94.3 Å². The molecule has 0 saturated heterocycles. The largest absolute Gasteiger partial charge is 0.352 e. The van der Waals surface area contributed by atoms with Gasteiger partial charge in [-0.3, -0.25) is 13.9 Å². The van der Waals surface area contributed by atoms with Crippen LogP contribution in [0.1, 0.15) is 43.9 Å². The molecule has 1 N–H and O–H groups in total. The van der Waals surface area contributed by atoms with Gasteiger partial charge in [0.25, 0.3) is 10.0 Å². The van der Waals surface area contributed by atoms with E-state index in [0.29, 0.717) is 22.6 Å². The molecule has 0 fully saturated rings. The summed E-state index contributed by atoms with van der Waals surface area (Å²) in [6.07, 6.45) is 0.695. The maximum Gasteiger partial charge on any atom is 0.264 e. The van der Waals surface area contributed by atoms with Gasteiger partial charge in [-0.05, 0) is 81.6 Å². The molecule has 7 nitrogen and oxygen atoms in total. The van der Waals surface area contributed by atoms with Gasteiger partial charge < -0.3 is 10.2 Å². The van der Waals surface area contributed by atoms with Crippen molar-refractivity contribution < 1.29 is 22.4 Å². The van der Waals surface area contributed by atoms with Crippen molar-refractivity contribution >= 4 is 39.1 Å². The van der Waals surface area contributed by atoms with Crippen molar-refractivity contribution in [2.75, 3.05) is 10.8 Å². The van der Waals surface area contributed by atoms with Crippen LogP contribution in [0.25, 0.3) is 0 Å². The third kappa shape index (κ3) is 7.61. The van der Waals surface area contributed by atoms with E-state index in [4.69, 9.17) is 11.6 Å². The average Bonchev–Trinajstić information content (AvgIpc) is 2.92. The van der Waals surface area contributed by atoms with Crippen molar-refractivity contribution in [2.24, 2.45) is 0 Å². The van der Waals surface area contributed by atoms with Crippen LogP contribution in [0, 0.1) is 19.7 Å². The van der Waals surface area contributed by atoms with Crippen LogP contribution in [-0.4, -0.2) is 43.8 Å². The molecule has 3 aromatic carbocycles. The highest BCUT2D eigenvalue weighted by Crippen LogP contribution is 2.30. The van der Waals surface area contributed by atoms with E-state index in [0.717, 1.165) is 9.87 Å². The van der Waals surface area contributed by atoms with Crippen LogP contribution in [0.4, 0.5) is 10.1 Å². The molecule has 0 unspecified atom stereocenters. The number of benzene rings is 3. The summed E-state index contributed by atoms with van der Waals surface area (Å²) in [5.74, 6) is -1.42. The molecule has 2 atom stereocenters. The van der Waals surface area contributed by atoms with E-state index in [1.54, 1.807) is 38.1 Å². The SMILES string of the molecule is CC[C@@H](C)NC(=O)[C@H](C)N(Cc1ccc(F)cc1)C(=O)CN(c1cc(Cl)ccc1C)S(=O)(=O)c1ccc(C)cc1. The molecular formula is C30H35ClFN3O4S. The molecule has 0 aliphatic rings. The first-order chi connectivity index (χ1) is 18.8. The number of halogens is 2. The fourth-order valence-electron chi connectivity index (χ4n) is 4.04. The fourth-order valence-corrected chi connectivity index (χ4v) is 5.67. The molecule has 40 heavy (non-hydrogen) atoms. The minimum absolute atomic E-state index is 0.0120. The molecule has 214 valence electrons. The molecule has 3 rings (SSSR count). The van der Waals surface area contributed by atoms with Crippen LogP contribution in [0.5, 0.6) is 0 Å². The van der Waals surface area contributed by atoms with Crippen LogP contribution < -0.4 is 9.62 Å². The lowest BCUT2D eigenvalue weighted by Crippen LogP contribution is -2.52. The topological polar surface area (TPSA) is 86.8 Å². The maximum absolute atomic E-state index is 14.0. The number of nitrogens with zero attached hydrogens (tertiary/aromatic N) is 2. The highest BCUT2D eigenvalue weighted by atomic mass is 35.5. The Morgan fingerprint density at radius 2 is 1.60 bits per heavy atom. The van der Waals surface area contributed by atoms with Crippen molar-refractivity contribution in [3.8, 4) is 0 Å². The van der Waals surface area contributed by atoms with Gasteiger partial charge in [-0.25, -0.2) is 12.8 Å². The van der Waals surface area contributed by atoms with E-state index in [1.807, 2.05) is 20.8 Å². The zero-order valence-corrected chi connectivity index (χ0v) is 24.9. The van der Waals surface area contributed by atoms with Gasteiger partial charge in [0.2, 0.25) is 11.8 Å². The number of hydrogen-bond donors (Lipinski definition) is 1. The predicted molar refractivity (Wildman–Crippen MR) is 156 cm³/mol. The van der Waals surface area contributed by atoms with Gasteiger partial charge in [0.1, 0.15) is 18.4 Å². The quantitative estimate of drug-likeness (QED) is 0.315. The molecule has 0 spiro atoms. The fraction of sp³-hybridized carbons (Fsp3) is 0.333. The number of carbonyl (C=O) groups is 2. The van der Waals surface area contributed by atoms with E-state index in [2.05, 4.69) is 5.32 Å². The highest BCUT2D eigenvalue weighted by Gasteiger charge is 2.33. The molecule has 0 saturated carbocycles. The van der Waals surface area contributed by atoms with Crippen molar-refractivity contribution in [1.29, 1.82) is 0 Å². The van der Waals surface area contributed by atoms with E-state index in [-0.39, 0.29) is 29.1 Å². The van der Waals surface area contributed by atoms with Gasteiger partial charge >= 0.3 is 0 Å². The summed E-state index contributed by atoms with van der Waals surface area (Å²) in [4.78, 5) is 28.4. The smallest absolute Gasteiger partial charge is 0.264 e. The molecule has 0 aliphatic carbocycles. The summed E-state index contributed by atoms with van der Waals surface area (Å²) < 4.78 is 42.5. The van der Waals surface area contributed by atoms with Crippen LogP contribution in [0.3, 0.4) is 0 Å². The van der Waals surface area contributed by atoms with E-state index < -0.39 is 34.3 Å². The second kappa shape index (κ2) is 13.3. The summed E-state index contributed by atoms with van der Waals surface area (Å²) in [6.45, 7) is 8.33. The molecule has 0 bridgehead atoms. The Morgan fingerprint density at radius 3 is 2.20 bits per heavy atom. The maximum atomic E-state index is 14.0. The third-order valence-electron chi connectivity index (χ3n) is 6.76. The predicted octanol–water partition coefficient (Wildman–Crippen LogP) is 5.62. The monoisotopic (exact) mass is 587 g/mol. The zero-order valence-electron chi connectivity index (χ0n) is 23.3. The second-order valence-electron chi connectivity index (χ2n) is 9.90. The summed E-state index contributed by atoms with van der Waals surface area (Å²) >= 11 is 6.25. The Labute approximate surface area is 241 Å². The molecule has 2 amide bonds. The average molecular weight is 588 g/mol. The number of rotatable bonds is 11. The molecule has 0 aliphatic heterocycles. The normalized spacial score (nSPS) is 12.9. The number of amides is 2. The van der Waals surface area contributed by atoms with Crippen molar-refractivity contribution in [1.82, 2.24) is 10.2 Å². The molecular weight excluding hydrogens is 553 g/mol. The Balaban J connectivity index is 2.06. The summed E-state index contributed by atoms with van der Waals surface area (Å²) in [5, 5.41) is 3.19. The Kier molecular flexibility index (Phi) is 10.3. The molecule has 0 radical (unpaired) electrons. The first kappa shape index (κ1) is 31.1. The van der Waals surface area contributed by atoms with Gasteiger partial charge in [0.05, 0.1) is 10.6 Å². The molecule has 10 heteroatoms. The van der Waals surface area contributed by atoms with Crippen molar-refractivity contribution in [2.45, 2.75) is 64.6 Å². The minimum Gasteiger partial charge on any atom is -0.352 e. The van der Waals surface area contributed by atoms with Crippen LogP contribution >= 0.6 is 11.6 Å². The standard InChI is InChI=1S/C30H35ClFN3O4S/c1-6-22(4)33-30(37)23(5)34(18-24-10-13-26(32)14-11-24)29(36)19-35(28-17-25(31)12-9-21(28)3)40(38,39)27-15-7-20(2)8-16-27/h7-17,22-23H,6,18-19H2,1-5H3,(H,33,37)/t22-,23+/m1/s1. The summed E-state index contributed by atoms with van der Waals surface area (Å²) in [6, 6.07) is 15.7. The lowest BCUT2D eigenvalue weighted by atomic mass is 10.1. The van der Waals surface area contributed by atoms with Gasteiger partial charge in [-0.1, -0.05) is 54.4 Å². The number of carbonyl (C=O) groups excluding carboxylic acids is 2. The lowest BCUT2D eigenvalue weighted by Gasteiger charge is -2.33. The van der Waals surface area contributed by atoms with Gasteiger partial charge in [0.15, 0.2) is 0 Å². The molecule has 0 aromatic heterocycles. The van der Waals surface area contributed by atoms with Crippen LogP contribution in [-0.2, 0) is 26.2 Å². The van der Waals surface area contributed by atoms with Gasteiger partial charge in [0, 0.05) is 17.6 Å². The first-order valence-corrected chi connectivity index (χ1v) is 14.8. The minimum atomic E-state index is -4.21. The number of nitrogens with one attached hydrogen (secondary N) is 1. The first-order valence-electron chi connectivity index (χ1n) is 13.0. The highest BCUT2D eigenvalue weighted by molar-refractivity contribution is 7.92. The molecule has 0 heterocycles. The summed E-state index contributed by atoms with van der Waals surface area (Å²) in [7, 11) is -4.21. The Hall–Kier alpha value is -3.43. The second-order valence-corrected chi connectivity index (χ2v) is 12.2. The third-order valence-corrected chi connectivity index (χ3v) is 8.77. The molecule has 3 aromatic rings. The Bertz CT molecular complexity index is 1450. The Morgan fingerprint density at radius 1 is 0.975 bits per heavy atom. The number of hydrogen-bond acceptors (Lipinski definition) is 4. The van der Waals surface area contributed by atoms with Crippen LogP contribution in [0.15, 0.2) is 71.6 Å². The van der Waals surface area contributed by atoms with E-state index in [9.17, 15) is 22.4 Å². The zero-order chi connectivity index (χ0) is 29.6. The van der Waals surface area contributed by atoms with Crippen molar-refractivity contribution in [3.63, 3.8) is 0 Å². The van der Waals surface area contributed by atoms with Gasteiger partial charge in [-0.15, -0.1) is 0 Å². The van der Waals surface area contributed by atoms with Gasteiger partial charge in [-0.2, -0.15) is 0 Å². The van der Waals surface area contributed by atoms with E-state index in [1.165, 1.54) is 47.4 Å². The number of sulfonamides is 1. The number of anilines is 1. The summed E-state index contributed by atoms with van der Waals surface area (Å²) in [5.41, 5.74) is 2.32. The van der Waals surface area contributed by atoms with Crippen LogP contribution in [0.2, 0.25) is 5.02 Å². The lowest BCUT2D eigenvalue weighted by molar-refractivity contribution is -0.139. The van der Waals surface area contributed by atoms with E-state index >= 15 is 0 Å². The number of aryl methyl sites for hydroxylation is 2.